The number of halogens is 1. The van der Waals surface area contributed by atoms with Crippen molar-refractivity contribution in [2.75, 3.05) is 32.1 Å². The van der Waals surface area contributed by atoms with Crippen molar-refractivity contribution >= 4 is 17.6 Å². The summed E-state index contributed by atoms with van der Waals surface area (Å²) in [6.45, 7) is 8.16. The number of nitrogens with one attached hydrogen (secondary N) is 1. The molecule has 0 aliphatic carbocycles. The molecule has 3 atom stereocenters. The minimum absolute atomic E-state index is 0.157. The van der Waals surface area contributed by atoms with Gasteiger partial charge in [0.25, 0.3) is 5.91 Å². The van der Waals surface area contributed by atoms with Crippen LogP contribution in [-0.4, -0.2) is 70.7 Å². The summed E-state index contributed by atoms with van der Waals surface area (Å²) in [6, 6.07) is 6.48. The van der Waals surface area contributed by atoms with Gasteiger partial charge < -0.3 is 25.0 Å². The van der Waals surface area contributed by atoms with Crippen LogP contribution in [0.3, 0.4) is 0 Å². The fourth-order valence-corrected chi connectivity index (χ4v) is 3.88. The van der Waals surface area contributed by atoms with Crippen molar-refractivity contribution in [1.82, 2.24) is 14.8 Å². The van der Waals surface area contributed by atoms with Gasteiger partial charge in [0.1, 0.15) is 17.5 Å². The average Bonchev–Trinajstić information content (AvgIpc) is 2.85. The van der Waals surface area contributed by atoms with Crippen LogP contribution < -0.4 is 10.1 Å². The van der Waals surface area contributed by atoms with Gasteiger partial charge in [0, 0.05) is 43.4 Å². The van der Waals surface area contributed by atoms with Gasteiger partial charge in [-0.3, -0.25) is 4.79 Å². The van der Waals surface area contributed by atoms with Gasteiger partial charge in [0.2, 0.25) is 5.88 Å². The van der Waals surface area contributed by atoms with Gasteiger partial charge in [-0.15, -0.1) is 0 Å². The van der Waals surface area contributed by atoms with Gasteiger partial charge in [-0.25, -0.2) is 14.2 Å². The predicted molar refractivity (Wildman–Crippen MR) is 140 cm³/mol. The number of carbonyl (C=O) groups excluding carboxylic acids is 2. The number of urea groups is 1. The molecule has 1 aromatic carbocycles. The highest BCUT2D eigenvalue weighted by molar-refractivity contribution is 5.97. The first-order valence-corrected chi connectivity index (χ1v) is 12.4. The molecular formula is C28H35FN4O4. The van der Waals surface area contributed by atoms with Crippen molar-refractivity contribution in [2.24, 2.45) is 11.8 Å². The van der Waals surface area contributed by atoms with Crippen LogP contribution in [0.5, 0.6) is 5.88 Å². The van der Waals surface area contributed by atoms with Gasteiger partial charge in [0.05, 0.1) is 19.2 Å². The van der Waals surface area contributed by atoms with Crippen molar-refractivity contribution < 1.29 is 23.8 Å². The summed E-state index contributed by atoms with van der Waals surface area (Å²) < 4.78 is 19.7. The van der Waals surface area contributed by atoms with Crippen molar-refractivity contribution in [2.45, 2.75) is 46.3 Å². The molecule has 1 aliphatic rings. The largest absolute Gasteiger partial charge is 0.472 e. The number of anilines is 1. The summed E-state index contributed by atoms with van der Waals surface area (Å²) in [5, 5.41) is 12.5. The molecule has 8 nitrogen and oxygen atoms in total. The Kier molecular flexibility index (Phi) is 9.48. The lowest BCUT2D eigenvalue weighted by Crippen LogP contribution is -2.50. The maximum atomic E-state index is 13.5. The molecule has 1 aliphatic heterocycles. The van der Waals surface area contributed by atoms with Gasteiger partial charge in [0.15, 0.2) is 0 Å². The van der Waals surface area contributed by atoms with Crippen LogP contribution in [0.2, 0.25) is 0 Å². The second-order valence-corrected chi connectivity index (χ2v) is 9.92. The smallest absolute Gasteiger partial charge is 0.321 e. The van der Waals surface area contributed by atoms with E-state index < -0.39 is 24.0 Å². The topological polar surface area (TPSA) is 95.0 Å². The number of hydrogen-bond donors (Lipinski definition) is 2. The highest BCUT2D eigenvalue weighted by Crippen LogP contribution is 2.27. The third-order valence-corrected chi connectivity index (χ3v) is 6.14. The highest BCUT2D eigenvalue weighted by Gasteiger charge is 2.34. The molecule has 1 aromatic heterocycles. The zero-order valence-electron chi connectivity index (χ0n) is 22.0. The molecule has 2 heterocycles. The van der Waals surface area contributed by atoms with E-state index in [4.69, 9.17) is 4.74 Å². The molecule has 2 aromatic rings. The summed E-state index contributed by atoms with van der Waals surface area (Å²) in [5.74, 6) is 5.81. The number of aliphatic hydroxyl groups excluding tert-OH is 1. The molecule has 0 unspecified atom stereocenters. The number of benzene rings is 1. The number of nitrogens with zero attached hydrogens (tertiary/aromatic N) is 3. The average molecular weight is 511 g/mol. The number of hydrogen-bond acceptors (Lipinski definition) is 5. The number of ether oxygens (including phenoxy) is 1. The number of pyridine rings is 1. The maximum Gasteiger partial charge on any atom is 0.321 e. The third-order valence-electron chi connectivity index (χ3n) is 6.14. The van der Waals surface area contributed by atoms with E-state index in [1.165, 1.54) is 23.1 Å². The Balaban J connectivity index is 1.87. The number of aliphatic hydroxyl groups is 1. The molecule has 0 spiro atoms. The fraction of sp³-hybridized carbons (Fsp3) is 0.464. The van der Waals surface area contributed by atoms with Crippen LogP contribution in [0.25, 0.3) is 0 Å². The number of fused-ring (bicyclic) bond motifs is 1. The van der Waals surface area contributed by atoms with E-state index in [2.05, 4.69) is 36.0 Å². The first-order valence-electron chi connectivity index (χ1n) is 12.4. The fourth-order valence-electron chi connectivity index (χ4n) is 3.88. The first kappa shape index (κ1) is 27.9. The minimum atomic E-state index is -0.506. The molecule has 9 heteroatoms. The van der Waals surface area contributed by atoms with Crippen LogP contribution in [-0.2, 0) is 0 Å². The molecule has 37 heavy (non-hydrogen) atoms. The Bertz CT molecular complexity index is 1180. The SMILES string of the molecule is CC(C)CC#Cc1cnc2c(c1)C(=O)N([C@H](C)CO)C[C@H](C)[C@H](CN(C)C(=O)Nc1cccc(F)c1)O2. The first-order chi connectivity index (χ1) is 17.6. The Morgan fingerprint density at radius 1 is 1.35 bits per heavy atom. The monoisotopic (exact) mass is 510 g/mol. The standard InChI is InChI=1S/C28H35FN4O4/c1-18(2)8-6-9-21-12-24-26(30-14-21)37-25(19(3)15-33(27(24)35)20(4)17-34)16-32(5)28(36)31-23-11-7-10-22(29)13-23/h7,10-14,18-20,25,34H,8,15-17H2,1-5H3,(H,31,36)/t19-,20+,25-/m0/s1. The highest BCUT2D eigenvalue weighted by atomic mass is 19.1. The van der Waals surface area contributed by atoms with Gasteiger partial charge in [-0.2, -0.15) is 0 Å². The molecule has 0 radical (unpaired) electrons. The second-order valence-electron chi connectivity index (χ2n) is 9.92. The Labute approximate surface area is 217 Å². The third kappa shape index (κ3) is 7.43. The molecule has 3 rings (SSSR count). The Hall–Kier alpha value is -3.64. The number of likely N-dealkylation sites (N-methyl/N-ethyl adjacent to an activating group) is 1. The zero-order chi connectivity index (χ0) is 27.1. The van der Waals surface area contributed by atoms with Crippen LogP contribution in [0.1, 0.15) is 50.0 Å². The number of amides is 3. The van der Waals surface area contributed by atoms with Crippen LogP contribution in [0.4, 0.5) is 14.9 Å². The van der Waals surface area contributed by atoms with Crippen molar-refractivity contribution in [3.8, 4) is 17.7 Å². The lowest BCUT2D eigenvalue weighted by Gasteiger charge is -2.37. The summed E-state index contributed by atoms with van der Waals surface area (Å²) >= 11 is 0. The summed E-state index contributed by atoms with van der Waals surface area (Å²) in [7, 11) is 1.62. The van der Waals surface area contributed by atoms with Crippen molar-refractivity contribution in [1.29, 1.82) is 0 Å². The van der Waals surface area contributed by atoms with E-state index in [1.807, 2.05) is 6.92 Å². The quantitative estimate of drug-likeness (QED) is 0.573. The van der Waals surface area contributed by atoms with E-state index >= 15 is 0 Å². The predicted octanol–water partition coefficient (Wildman–Crippen LogP) is 4.00. The van der Waals surface area contributed by atoms with E-state index in [0.29, 0.717) is 23.7 Å². The number of aromatic nitrogens is 1. The molecule has 198 valence electrons. The van der Waals surface area contributed by atoms with Crippen LogP contribution in [0, 0.1) is 29.5 Å². The number of carbonyl (C=O) groups is 2. The summed E-state index contributed by atoms with van der Waals surface area (Å²) in [6.07, 6.45) is 1.79. The molecule has 0 bridgehead atoms. The van der Waals surface area contributed by atoms with Crippen molar-refractivity contribution in [3.63, 3.8) is 0 Å². The second kappa shape index (κ2) is 12.5. The molecule has 0 saturated carbocycles. The van der Waals surface area contributed by atoms with Gasteiger partial charge in [-0.05, 0) is 37.1 Å². The molecule has 0 saturated heterocycles. The minimum Gasteiger partial charge on any atom is -0.472 e. The van der Waals surface area contributed by atoms with Crippen molar-refractivity contribution in [3.05, 3.63) is 53.5 Å². The molecule has 3 amide bonds. The summed E-state index contributed by atoms with van der Waals surface area (Å²) in [5.41, 5.74) is 1.21. The molecule has 0 fully saturated rings. The Morgan fingerprint density at radius 2 is 2.11 bits per heavy atom. The van der Waals surface area contributed by atoms with E-state index in [9.17, 15) is 19.1 Å². The molecule has 2 N–H and O–H groups in total. The normalized spacial score (nSPS) is 18.1. The maximum absolute atomic E-state index is 13.5. The van der Waals surface area contributed by atoms with E-state index in [0.717, 1.165) is 6.42 Å². The van der Waals surface area contributed by atoms with Crippen LogP contribution >= 0.6 is 0 Å². The lowest BCUT2D eigenvalue weighted by atomic mass is 10.00. The number of rotatable bonds is 6. The lowest BCUT2D eigenvalue weighted by molar-refractivity contribution is 0.0356. The van der Waals surface area contributed by atoms with E-state index in [-0.39, 0.29) is 36.4 Å². The van der Waals surface area contributed by atoms with E-state index in [1.54, 1.807) is 37.2 Å². The Morgan fingerprint density at radius 3 is 2.78 bits per heavy atom. The summed E-state index contributed by atoms with van der Waals surface area (Å²) in [4.78, 5) is 33.7. The zero-order valence-corrected chi connectivity index (χ0v) is 22.0. The van der Waals surface area contributed by atoms with Gasteiger partial charge in [-0.1, -0.05) is 38.7 Å². The van der Waals surface area contributed by atoms with Gasteiger partial charge >= 0.3 is 6.03 Å². The molecular weight excluding hydrogens is 475 g/mol. The van der Waals surface area contributed by atoms with Crippen LogP contribution in [0.15, 0.2) is 36.5 Å².